The number of carbonyl (C=O) groups is 4. The summed E-state index contributed by atoms with van der Waals surface area (Å²) in [5.41, 5.74) is 1.41. The Balaban J connectivity index is 2.40. The van der Waals surface area contributed by atoms with Gasteiger partial charge in [0.05, 0.1) is 31.7 Å². The molecule has 2 N–H and O–H groups in total. The third-order valence-corrected chi connectivity index (χ3v) is 4.60. The number of ether oxygens (including phenoxy) is 2. The molecule has 1 aliphatic rings. The summed E-state index contributed by atoms with van der Waals surface area (Å²) in [5.74, 6) is -1.60. The molecule has 3 amide bonds. The number of hydrogen-bond donors (Lipinski definition) is 2. The van der Waals surface area contributed by atoms with Gasteiger partial charge in [0, 0.05) is 18.8 Å². The molecule has 0 aromatic heterocycles. The summed E-state index contributed by atoms with van der Waals surface area (Å²) < 4.78 is 10.5. The van der Waals surface area contributed by atoms with Gasteiger partial charge in [-0.05, 0) is 30.2 Å². The van der Waals surface area contributed by atoms with Gasteiger partial charge in [0.25, 0.3) is 5.91 Å². The first-order valence-electron chi connectivity index (χ1n) is 9.78. The smallest absolute Gasteiger partial charge is 0.307 e. The van der Waals surface area contributed by atoms with Crippen molar-refractivity contribution in [2.45, 2.75) is 25.8 Å². The number of carbonyl (C=O) groups excluding carboxylic acids is 4. The summed E-state index contributed by atoms with van der Waals surface area (Å²) in [4.78, 5) is 50.3. The average molecular weight is 429 g/mol. The predicted molar refractivity (Wildman–Crippen MR) is 113 cm³/mol. The normalized spacial score (nSPS) is 19.2. The van der Waals surface area contributed by atoms with E-state index in [0.717, 1.165) is 12.0 Å². The van der Waals surface area contributed by atoms with E-state index in [1.165, 1.54) is 31.2 Å². The Hall–Kier alpha value is -3.62. The maximum absolute atomic E-state index is 12.7. The highest BCUT2D eigenvalue weighted by atomic mass is 16.5. The van der Waals surface area contributed by atoms with Crippen molar-refractivity contribution in [3.8, 4) is 5.75 Å². The third-order valence-electron chi connectivity index (χ3n) is 4.60. The van der Waals surface area contributed by atoms with Gasteiger partial charge < -0.3 is 25.0 Å². The Morgan fingerprint density at radius 1 is 1.29 bits per heavy atom. The first-order valence-corrected chi connectivity index (χ1v) is 9.78. The predicted octanol–water partition coefficient (Wildman–Crippen LogP) is 0.947. The van der Waals surface area contributed by atoms with Gasteiger partial charge >= 0.3 is 5.97 Å². The number of nitrogens with one attached hydrogen (secondary N) is 2. The summed E-state index contributed by atoms with van der Waals surface area (Å²) in [6, 6.07) is 4.45. The fourth-order valence-corrected chi connectivity index (χ4v) is 2.84. The number of rotatable bonds is 3. The molecule has 9 heteroatoms. The summed E-state index contributed by atoms with van der Waals surface area (Å²) >= 11 is 0. The molecule has 31 heavy (non-hydrogen) atoms. The molecule has 1 atom stereocenters. The van der Waals surface area contributed by atoms with E-state index in [4.69, 9.17) is 9.47 Å². The van der Waals surface area contributed by atoms with E-state index in [1.807, 2.05) is 6.92 Å². The lowest BCUT2D eigenvalue weighted by molar-refractivity contribution is -0.141. The zero-order valence-electron chi connectivity index (χ0n) is 17.9. The lowest BCUT2D eigenvalue weighted by Gasteiger charge is -2.21. The molecular formula is C22H27N3O6. The van der Waals surface area contributed by atoms with Crippen molar-refractivity contribution in [3.63, 3.8) is 0 Å². The molecule has 0 radical (unpaired) electrons. The number of aryl methyl sites for hydroxylation is 1. The summed E-state index contributed by atoms with van der Waals surface area (Å²) in [5, 5.41) is 5.29. The van der Waals surface area contributed by atoms with Crippen LogP contribution in [0.15, 0.2) is 42.6 Å². The van der Waals surface area contributed by atoms with Gasteiger partial charge in [-0.15, -0.1) is 0 Å². The van der Waals surface area contributed by atoms with Gasteiger partial charge in [0.2, 0.25) is 11.8 Å². The Labute approximate surface area is 181 Å². The van der Waals surface area contributed by atoms with Crippen LogP contribution in [0.3, 0.4) is 0 Å². The molecule has 2 rings (SSSR count). The Morgan fingerprint density at radius 3 is 2.71 bits per heavy atom. The summed E-state index contributed by atoms with van der Waals surface area (Å²) in [6.45, 7) is 5.39. The van der Waals surface area contributed by atoms with E-state index in [2.05, 4.69) is 17.2 Å². The number of nitrogens with zero attached hydrogens (tertiary/aromatic N) is 1. The molecule has 9 nitrogen and oxygen atoms in total. The van der Waals surface area contributed by atoms with Crippen LogP contribution in [0, 0.1) is 0 Å². The van der Waals surface area contributed by atoms with Crippen LogP contribution in [0.25, 0.3) is 0 Å². The monoisotopic (exact) mass is 429 g/mol. The molecule has 0 saturated carbocycles. The Kier molecular flexibility index (Phi) is 8.36. The van der Waals surface area contributed by atoms with Gasteiger partial charge in [-0.3, -0.25) is 19.2 Å². The van der Waals surface area contributed by atoms with Crippen molar-refractivity contribution in [1.82, 2.24) is 15.5 Å². The van der Waals surface area contributed by atoms with Gasteiger partial charge in [-0.2, -0.15) is 0 Å². The fraction of sp³-hybridized carbons (Fsp3) is 0.364. The topological polar surface area (TPSA) is 114 Å². The molecule has 1 aliphatic heterocycles. The quantitative estimate of drug-likeness (QED) is 0.692. The van der Waals surface area contributed by atoms with Crippen molar-refractivity contribution in [2.75, 3.05) is 27.3 Å². The number of likely N-dealkylation sites (N-methyl/N-ethyl adjacent to an activating group) is 1. The van der Waals surface area contributed by atoms with E-state index < -0.39 is 29.7 Å². The Bertz CT molecular complexity index is 909. The van der Waals surface area contributed by atoms with E-state index in [-0.39, 0.29) is 30.8 Å². The zero-order chi connectivity index (χ0) is 23.0. The number of esters is 1. The standard InChI is InChI=1S/C22H27N3O6/c1-5-15-7-8-17-18(10-15)31-13-16(11-21(28)30-4)24-19(26)12-25(3)20(27)9-6-14(2)23-22(17)29/h6-10,16H,2,5,11-13H2,1,3-4H3,(H,23,29)(H,24,26)/b9-6+/t16-/m0/s1. The first kappa shape index (κ1) is 23.7. The van der Waals surface area contributed by atoms with E-state index in [9.17, 15) is 19.2 Å². The van der Waals surface area contributed by atoms with Gasteiger partial charge in [0.15, 0.2) is 0 Å². The zero-order valence-corrected chi connectivity index (χ0v) is 17.9. The second-order valence-electron chi connectivity index (χ2n) is 7.05. The van der Waals surface area contributed by atoms with Crippen LogP contribution >= 0.6 is 0 Å². The van der Waals surface area contributed by atoms with Gasteiger partial charge in [0.1, 0.15) is 12.4 Å². The second kappa shape index (κ2) is 11.0. The minimum Gasteiger partial charge on any atom is -0.491 e. The lowest BCUT2D eigenvalue weighted by Crippen LogP contribution is -2.45. The second-order valence-corrected chi connectivity index (χ2v) is 7.05. The summed E-state index contributed by atoms with van der Waals surface area (Å²) in [7, 11) is 2.70. The molecule has 0 bridgehead atoms. The number of benzene rings is 1. The van der Waals surface area contributed by atoms with Crippen LogP contribution in [0.4, 0.5) is 0 Å². The SMILES string of the molecule is C=C1/C=C/C(=O)N(C)CC(=O)N[C@@H](CC(=O)OC)COc2cc(CC)ccc2C(=O)N1. The van der Waals surface area contributed by atoms with E-state index in [1.54, 1.807) is 18.2 Å². The van der Waals surface area contributed by atoms with Crippen molar-refractivity contribution in [1.29, 1.82) is 0 Å². The molecule has 1 heterocycles. The highest BCUT2D eigenvalue weighted by Crippen LogP contribution is 2.22. The van der Waals surface area contributed by atoms with Gasteiger partial charge in [-0.25, -0.2) is 0 Å². The number of hydrogen-bond acceptors (Lipinski definition) is 6. The number of allylic oxidation sites excluding steroid dienone is 1. The highest BCUT2D eigenvalue weighted by Gasteiger charge is 2.22. The fourth-order valence-electron chi connectivity index (χ4n) is 2.84. The molecule has 0 unspecified atom stereocenters. The van der Waals surface area contributed by atoms with Crippen LogP contribution in [0.5, 0.6) is 5.75 Å². The van der Waals surface area contributed by atoms with E-state index in [0.29, 0.717) is 5.75 Å². The van der Waals surface area contributed by atoms with Crippen LogP contribution in [0.2, 0.25) is 0 Å². The van der Waals surface area contributed by atoms with Crippen molar-refractivity contribution >= 4 is 23.7 Å². The highest BCUT2D eigenvalue weighted by molar-refractivity contribution is 5.98. The minimum atomic E-state index is -0.722. The average Bonchev–Trinajstić information content (AvgIpc) is 2.74. The number of fused-ring (bicyclic) bond motifs is 1. The molecule has 0 aliphatic carbocycles. The molecule has 0 fully saturated rings. The molecule has 166 valence electrons. The molecular weight excluding hydrogens is 402 g/mol. The van der Waals surface area contributed by atoms with Gasteiger partial charge in [-0.1, -0.05) is 19.6 Å². The number of amides is 3. The van der Waals surface area contributed by atoms with Crippen LogP contribution in [-0.4, -0.2) is 61.9 Å². The van der Waals surface area contributed by atoms with Crippen LogP contribution in [-0.2, 0) is 25.5 Å². The minimum absolute atomic E-state index is 0.0782. The lowest BCUT2D eigenvalue weighted by atomic mass is 10.1. The maximum Gasteiger partial charge on any atom is 0.307 e. The molecule has 1 aromatic rings. The van der Waals surface area contributed by atoms with Crippen LogP contribution < -0.4 is 15.4 Å². The van der Waals surface area contributed by atoms with E-state index >= 15 is 0 Å². The summed E-state index contributed by atoms with van der Waals surface area (Å²) in [6.07, 6.45) is 3.16. The van der Waals surface area contributed by atoms with Crippen LogP contribution in [0.1, 0.15) is 29.3 Å². The molecule has 1 aromatic carbocycles. The maximum atomic E-state index is 12.7. The Morgan fingerprint density at radius 2 is 2.03 bits per heavy atom. The largest absolute Gasteiger partial charge is 0.491 e. The third kappa shape index (κ3) is 6.98. The van der Waals surface area contributed by atoms with Crippen molar-refractivity contribution in [2.24, 2.45) is 0 Å². The molecule has 0 spiro atoms. The first-order chi connectivity index (χ1) is 14.7. The van der Waals surface area contributed by atoms with Crippen molar-refractivity contribution < 1.29 is 28.7 Å². The molecule has 0 saturated heterocycles. The number of methoxy groups -OCH3 is 1. The van der Waals surface area contributed by atoms with Crippen molar-refractivity contribution in [3.05, 3.63) is 53.8 Å².